The number of carbonyl (C=O) groups excluding carboxylic acids is 1. The molecule has 2 fully saturated rings. The monoisotopic (exact) mass is 211 g/mol. The van der Waals surface area contributed by atoms with Crippen LogP contribution in [0.25, 0.3) is 0 Å². The lowest BCUT2D eigenvalue weighted by molar-refractivity contribution is -0.142. The Bertz CT molecular complexity index is 242. The molecule has 1 saturated carbocycles. The number of hydrogen-bond donors (Lipinski definition) is 2. The van der Waals surface area contributed by atoms with E-state index in [9.17, 15) is 4.79 Å². The molecule has 0 unspecified atom stereocenters. The van der Waals surface area contributed by atoms with Gasteiger partial charge >= 0.3 is 0 Å². The van der Waals surface area contributed by atoms with Crippen molar-refractivity contribution in [1.82, 2.24) is 10.3 Å². The van der Waals surface area contributed by atoms with Crippen LogP contribution in [0, 0.1) is 11.3 Å². The van der Waals surface area contributed by atoms with Crippen LogP contribution >= 0.6 is 0 Å². The van der Waals surface area contributed by atoms with Crippen molar-refractivity contribution in [2.45, 2.75) is 32.1 Å². The topological polar surface area (TPSA) is 58.4 Å². The minimum atomic E-state index is -0.115. The van der Waals surface area contributed by atoms with E-state index in [1.807, 2.05) is 0 Å². The van der Waals surface area contributed by atoms with E-state index in [-0.39, 0.29) is 11.3 Å². The first-order chi connectivity index (χ1) is 7.19. The lowest BCUT2D eigenvalue weighted by atomic mass is 9.58. The van der Waals surface area contributed by atoms with E-state index in [0.717, 1.165) is 38.8 Å². The molecule has 86 valence electrons. The molecule has 3 N–H and O–H groups in total. The molecule has 15 heavy (non-hydrogen) atoms. The van der Waals surface area contributed by atoms with Crippen LogP contribution in [0.3, 0.4) is 0 Å². The van der Waals surface area contributed by atoms with Crippen LogP contribution < -0.4 is 11.3 Å². The smallest absolute Gasteiger partial charge is 0.240 e. The third-order valence-corrected chi connectivity index (χ3v) is 4.33. The van der Waals surface area contributed by atoms with Gasteiger partial charge in [0, 0.05) is 0 Å². The molecule has 2 rings (SSSR count). The molecule has 4 heteroatoms. The number of nitrogens with zero attached hydrogens (tertiary/aromatic N) is 1. The number of hydrazine groups is 1. The summed E-state index contributed by atoms with van der Waals surface area (Å²) in [4.78, 5) is 14.2. The van der Waals surface area contributed by atoms with Gasteiger partial charge in [-0.05, 0) is 51.7 Å². The molecular weight excluding hydrogens is 190 g/mol. The molecule has 1 heterocycles. The number of nitrogens with two attached hydrogens (primary N) is 1. The van der Waals surface area contributed by atoms with Gasteiger partial charge in [0.25, 0.3) is 0 Å². The predicted octanol–water partition coefficient (Wildman–Crippen LogP) is 0.488. The van der Waals surface area contributed by atoms with Crippen LogP contribution in [0.4, 0.5) is 0 Å². The summed E-state index contributed by atoms with van der Waals surface area (Å²) in [6, 6.07) is 0. The van der Waals surface area contributed by atoms with Crippen molar-refractivity contribution in [3.63, 3.8) is 0 Å². The summed E-state index contributed by atoms with van der Waals surface area (Å²) >= 11 is 0. The summed E-state index contributed by atoms with van der Waals surface area (Å²) in [7, 11) is 2.15. The summed E-state index contributed by atoms with van der Waals surface area (Å²) in [6.07, 6.45) is 5.53. The van der Waals surface area contributed by atoms with Gasteiger partial charge in [0.1, 0.15) is 0 Å². The molecule has 0 aromatic rings. The Kier molecular flexibility index (Phi) is 2.98. The van der Waals surface area contributed by atoms with E-state index in [1.54, 1.807) is 0 Å². The molecule has 1 aliphatic heterocycles. The molecule has 0 aromatic heterocycles. The third-order valence-electron chi connectivity index (χ3n) is 4.33. The summed E-state index contributed by atoms with van der Waals surface area (Å²) < 4.78 is 0. The number of likely N-dealkylation sites (tertiary alicyclic amines) is 1. The van der Waals surface area contributed by atoms with E-state index in [0.29, 0.717) is 5.92 Å². The van der Waals surface area contributed by atoms with Crippen LogP contribution in [-0.2, 0) is 4.79 Å². The van der Waals surface area contributed by atoms with Gasteiger partial charge in [-0.15, -0.1) is 0 Å². The summed E-state index contributed by atoms with van der Waals surface area (Å²) in [6.45, 7) is 2.23. The first-order valence-electron chi connectivity index (χ1n) is 5.88. The van der Waals surface area contributed by atoms with Crippen molar-refractivity contribution in [2.75, 3.05) is 20.1 Å². The number of amides is 1. The van der Waals surface area contributed by atoms with Crippen molar-refractivity contribution in [2.24, 2.45) is 17.2 Å². The van der Waals surface area contributed by atoms with Gasteiger partial charge in [0.2, 0.25) is 5.91 Å². The van der Waals surface area contributed by atoms with E-state index in [4.69, 9.17) is 5.84 Å². The molecule has 2 aliphatic rings. The van der Waals surface area contributed by atoms with Crippen molar-refractivity contribution in [3.05, 3.63) is 0 Å². The Morgan fingerprint density at radius 3 is 2.40 bits per heavy atom. The fourth-order valence-corrected chi connectivity index (χ4v) is 3.08. The molecule has 0 radical (unpaired) electrons. The predicted molar refractivity (Wildman–Crippen MR) is 58.8 cm³/mol. The van der Waals surface area contributed by atoms with Gasteiger partial charge in [-0.3, -0.25) is 10.2 Å². The molecule has 1 amide bonds. The second-order valence-corrected chi connectivity index (χ2v) is 5.06. The maximum absolute atomic E-state index is 11.8. The molecule has 0 aromatic carbocycles. The number of hydrogen-bond acceptors (Lipinski definition) is 3. The van der Waals surface area contributed by atoms with Crippen LogP contribution in [0.15, 0.2) is 0 Å². The molecule has 1 aliphatic carbocycles. The van der Waals surface area contributed by atoms with Gasteiger partial charge in [-0.2, -0.15) is 0 Å². The second kappa shape index (κ2) is 4.10. The summed E-state index contributed by atoms with van der Waals surface area (Å²) in [5.74, 6) is 5.91. The first-order valence-corrected chi connectivity index (χ1v) is 5.88. The van der Waals surface area contributed by atoms with Gasteiger partial charge in [0.15, 0.2) is 0 Å². The zero-order valence-electron chi connectivity index (χ0n) is 9.46. The van der Waals surface area contributed by atoms with Gasteiger partial charge in [-0.25, -0.2) is 5.84 Å². The fourth-order valence-electron chi connectivity index (χ4n) is 3.08. The minimum absolute atomic E-state index is 0.0725. The van der Waals surface area contributed by atoms with Crippen LogP contribution in [0.5, 0.6) is 0 Å². The zero-order chi connectivity index (χ0) is 10.9. The van der Waals surface area contributed by atoms with Crippen LogP contribution in [-0.4, -0.2) is 30.9 Å². The Morgan fingerprint density at radius 2 is 2.00 bits per heavy atom. The Labute approximate surface area is 91.2 Å². The fraction of sp³-hybridized carbons (Fsp3) is 0.909. The van der Waals surface area contributed by atoms with E-state index < -0.39 is 0 Å². The highest BCUT2D eigenvalue weighted by Gasteiger charge is 2.50. The number of piperidine rings is 1. The van der Waals surface area contributed by atoms with Gasteiger partial charge in [0.05, 0.1) is 5.41 Å². The van der Waals surface area contributed by atoms with Crippen molar-refractivity contribution in [1.29, 1.82) is 0 Å². The average molecular weight is 211 g/mol. The largest absolute Gasteiger partial charge is 0.306 e. The Hall–Kier alpha value is -0.610. The van der Waals surface area contributed by atoms with E-state index in [2.05, 4.69) is 17.4 Å². The van der Waals surface area contributed by atoms with Crippen molar-refractivity contribution < 1.29 is 4.79 Å². The zero-order valence-corrected chi connectivity index (χ0v) is 9.46. The Morgan fingerprint density at radius 1 is 1.40 bits per heavy atom. The molecule has 1 saturated heterocycles. The summed E-state index contributed by atoms with van der Waals surface area (Å²) in [5.41, 5.74) is 2.25. The SMILES string of the molecule is CN1CCC(C2(C(=O)NN)CCC2)CC1. The van der Waals surface area contributed by atoms with Crippen LogP contribution in [0.2, 0.25) is 0 Å². The van der Waals surface area contributed by atoms with Crippen molar-refractivity contribution >= 4 is 5.91 Å². The maximum atomic E-state index is 11.8. The molecule has 0 spiro atoms. The van der Waals surface area contributed by atoms with E-state index in [1.165, 1.54) is 6.42 Å². The Balaban J connectivity index is 2.03. The van der Waals surface area contributed by atoms with Gasteiger partial charge in [-0.1, -0.05) is 6.42 Å². The maximum Gasteiger partial charge on any atom is 0.240 e. The minimum Gasteiger partial charge on any atom is -0.306 e. The molecular formula is C11H21N3O. The quantitative estimate of drug-likeness (QED) is 0.397. The standard InChI is InChI=1S/C11H21N3O/c1-14-7-3-9(4-8-14)11(5-2-6-11)10(15)13-12/h9H,2-8,12H2,1H3,(H,13,15). The van der Waals surface area contributed by atoms with E-state index >= 15 is 0 Å². The highest BCUT2D eigenvalue weighted by atomic mass is 16.2. The van der Waals surface area contributed by atoms with Gasteiger partial charge < -0.3 is 4.90 Å². The van der Waals surface area contributed by atoms with Crippen molar-refractivity contribution in [3.8, 4) is 0 Å². The molecule has 4 nitrogen and oxygen atoms in total. The summed E-state index contributed by atoms with van der Waals surface area (Å²) in [5, 5.41) is 0. The number of carbonyl (C=O) groups is 1. The highest BCUT2D eigenvalue weighted by Crippen LogP contribution is 2.50. The highest BCUT2D eigenvalue weighted by molar-refractivity contribution is 5.83. The average Bonchev–Trinajstić information content (AvgIpc) is 2.19. The lowest BCUT2D eigenvalue weighted by Crippen LogP contribution is -2.54. The third kappa shape index (κ3) is 1.76. The first kappa shape index (κ1) is 10.9. The lowest BCUT2D eigenvalue weighted by Gasteiger charge is -2.48. The molecule has 0 bridgehead atoms. The normalized spacial score (nSPS) is 27.1. The number of nitrogens with one attached hydrogen (secondary N) is 1. The molecule has 0 atom stereocenters. The second-order valence-electron chi connectivity index (χ2n) is 5.06. The number of rotatable bonds is 2. The van der Waals surface area contributed by atoms with Crippen LogP contribution in [0.1, 0.15) is 32.1 Å².